The third-order valence-corrected chi connectivity index (χ3v) is 6.98. The Bertz CT molecular complexity index is 1120. The van der Waals surface area contributed by atoms with Gasteiger partial charge in [-0.3, -0.25) is 9.59 Å². The number of sulfone groups is 1. The summed E-state index contributed by atoms with van der Waals surface area (Å²) in [5.74, 6) is 0.365. The van der Waals surface area contributed by atoms with E-state index in [1.807, 2.05) is 6.92 Å². The molecule has 0 bridgehead atoms. The summed E-state index contributed by atoms with van der Waals surface area (Å²) in [6, 6.07) is 3.32. The summed E-state index contributed by atoms with van der Waals surface area (Å²) in [5.41, 5.74) is -0.662. The molecule has 1 fully saturated rings. The molecule has 27 heavy (non-hydrogen) atoms. The molecule has 1 amide bonds. The van der Waals surface area contributed by atoms with Gasteiger partial charge in [0.1, 0.15) is 5.56 Å². The summed E-state index contributed by atoms with van der Waals surface area (Å²) in [6.45, 7) is 4.22. The third-order valence-electron chi connectivity index (χ3n) is 5.08. The Kier molecular flexibility index (Phi) is 3.95. The maximum absolute atomic E-state index is 13.0. The number of benzene rings is 1. The molecule has 1 unspecified atom stereocenters. The number of nitrogens with zero attached hydrogens (tertiary/aromatic N) is 1. The number of carbonyl (C=O) groups excluding carboxylic acids is 1. The maximum atomic E-state index is 13.0. The minimum absolute atomic E-state index is 0.0197. The van der Waals surface area contributed by atoms with Gasteiger partial charge in [0.25, 0.3) is 5.91 Å². The summed E-state index contributed by atoms with van der Waals surface area (Å²) in [4.78, 5) is 25.8. The second-order valence-electron chi connectivity index (χ2n) is 7.24. The highest BCUT2D eigenvalue weighted by Gasteiger charge is 2.40. The number of aryl methyl sites for hydroxylation is 1. The van der Waals surface area contributed by atoms with Crippen molar-refractivity contribution >= 4 is 26.6 Å². The lowest BCUT2D eigenvalue weighted by atomic mass is 10.0. The number of rotatable bonds is 3. The summed E-state index contributed by atoms with van der Waals surface area (Å²) >= 11 is 0. The van der Waals surface area contributed by atoms with Gasteiger partial charge >= 0.3 is 0 Å². The summed E-state index contributed by atoms with van der Waals surface area (Å²) < 4.78 is 36.1. The number of fused-ring (bicyclic) bond motifs is 2. The number of amides is 1. The Morgan fingerprint density at radius 2 is 2.00 bits per heavy atom. The first kappa shape index (κ1) is 17.8. The van der Waals surface area contributed by atoms with Crippen LogP contribution in [0.2, 0.25) is 0 Å². The molecule has 0 spiro atoms. The molecule has 2 aliphatic rings. The van der Waals surface area contributed by atoms with Crippen LogP contribution in [0.25, 0.3) is 10.9 Å². The first-order valence-corrected chi connectivity index (χ1v) is 10.5. The maximum Gasteiger partial charge on any atom is 0.257 e. The highest BCUT2D eigenvalue weighted by molar-refractivity contribution is 7.91. The van der Waals surface area contributed by atoms with Crippen molar-refractivity contribution in [2.24, 2.45) is 0 Å². The molecule has 1 atom stereocenters. The molecule has 0 aliphatic carbocycles. The fourth-order valence-electron chi connectivity index (χ4n) is 3.65. The van der Waals surface area contributed by atoms with Gasteiger partial charge in [-0.1, -0.05) is 0 Å². The van der Waals surface area contributed by atoms with E-state index < -0.39 is 26.7 Å². The zero-order chi connectivity index (χ0) is 19.4. The zero-order valence-corrected chi connectivity index (χ0v) is 15.9. The number of pyridine rings is 1. The second-order valence-corrected chi connectivity index (χ2v) is 9.42. The molecule has 3 heterocycles. The van der Waals surface area contributed by atoms with Crippen LogP contribution < -0.4 is 20.2 Å². The van der Waals surface area contributed by atoms with Gasteiger partial charge in [-0.05, 0) is 26.3 Å². The molecule has 2 aliphatic heterocycles. The largest absolute Gasteiger partial charge is 0.454 e. The van der Waals surface area contributed by atoms with Gasteiger partial charge in [-0.25, -0.2) is 8.42 Å². The summed E-state index contributed by atoms with van der Waals surface area (Å²) in [7, 11) is -3.17. The van der Waals surface area contributed by atoms with E-state index >= 15 is 0 Å². The molecular weight excluding hydrogens is 372 g/mol. The topological polar surface area (TPSA) is 104 Å². The SMILES string of the molecule is CCn1cc(C(=O)NC2(C)CCS(=O)(=O)C2)c(=O)c2cc3c(cc21)OCO3. The standard InChI is InChI=1S/C18H20N2O6S/c1-3-20-8-12(17(22)19-18(2)4-5-27(23,24)9-18)16(21)11-6-14-15(7-13(11)20)26-10-25-14/h6-8H,3-5,9-10H2,1-2H3,(H,19,22). The van der Waals surface area contributed by atoms with E-state index in [2.05, 4.69) is 5.32 Å². The summed E-state index contributed by atoms with van der Waals surface area (Å²) in [5, 5.41) is 3.11. The highest BCUT2D eigenvalue weighted by Crippen LogP contribution is 2.35. The normalized spacial score (nSPS) is 22.9. The number of carbonyl (C=O) groups is 1. The first-order chi connectivity index (χ1) is 12.7. The van der Waals surface area contributed by atoms with E-state index in [1.54, 1.807) is 23.6 Å². The van der Waals surface area contributed by atoms with Crippen molar-refractivity contribution in [3.05, 3.63) is 34.1 Å². The third kappa shape index (κ3) is 3.05. The summed E-state index contributed by atoms with van der Waals surface area (Å²) in [6.07, 6.45) is 1.84. The predicted octanol–water partition coefficient (Wildman–Crippen LogP) is 1.06. The number of nitrogens with one attached hydrogen (secondary N) is 1. The second kappa shape index (κ2) is 5.98. The van der Waals surface area contributed by atoms with Crippen molar-refractivity contribution in [3.63, 3.8) is 0 Å². The molecular formula is C18H20N2O6S. The van der Waals surface area contributed by atoms with Crippen LogP contribution in [0.15, 0.2) is 23.1 Å². The zero-order valence-electron chi connectivity index (χ0n) is 15.1. The Morgan fingerprint density at radius 3 is 2.63 bits per heavy atom. The fraction of sp³-hybridized carbons (Fsp3) is 0.444. The van der Waals surface area contributed by atoms with Crippen molar-refractivity contribution in [2.45, 2.75) is 32.4 Å². The van der Waals surface area contributed by atoms with E-state index in [9.17, 15) is 18.0 Å². The Hall–Kier alpha value is -2.55. The molecule has 1 saturated heterocycles. The van der Waals surface area contributed by atoms with Gasteiger partial charge in [0, 0.05) is 18.8 Å². The minimum atomic E-state index is -3.17. The van der Waals surface area contributed by atoms with Crippen LogP contribution in [0.3, 0.4) is 0 Å². The Morgan fingerprint density at radius 1 is 1.30 bits per heavy atom. The Balaban J connectivity index is 1.78. The van der Waals surface area contributed by atoms with Gasteiger partial charge in [-0.2, -0.15) is 0 Å². The molecule has 4 rings (SSSR count). The average molecular weight is 392 g/mol. The van der Waals surface area contributed by atoms with Gasteiger partial charge in [0.15, 0.2) is 21.3 Å². The van der Waals surface area contributed by atoms with Crippen molar-refractivity contribution in [3.8, 4) is 11.5 Å². The Labute approximate surface area is 156 Å². The average Bonchev–Trinajstić information content (AvgIpc) is 3.16. The fourth-order valence-corrected chi connectivity index (χ4v) is 5.75. The molecule has 1 N–H and O–H groups in total. The van der Waals surface area contributed by atoms with Crippen LogP contribution in [0.1, 0.15) is 30.6 Å². The van der Waals surface area contributed by atoms with Crippen molar-refractivity contribution < 1.29 is 22.7 Å². The van der Waals surface area contributed by atoms with Gasteiger partial charge < -0.3 is 19.4 Å². The van der Waals surface area contributed by atoms with Gasteiger partial charge in [-0.15, -0.1) is 0 Å². The molecule has 144 valence electrons. The molecule has 8 nitrogen and oxygen atoms in total. The van der Waals surface area contributed by atoms with Crippen LogP contribution in [0, 0.1) is 0 Å². The van der Waals surface area contributed by atoms with Gasteiger partial charge in [0.05, 0.1) is 27.9 Å². The van der Waals surface area contributed by atoms with E-state index in [-0.39, 0.29) is 23.9 Å². The number of hydrogen-bond donors (Lipinski definition) is 1. The van der Waals surface area contributed by atoms with E-state index in [0.717, 1.165) is 0 Å². The van der Waals surface area contributed by atoms with Crippen LogP contribution in [0.5, 0.6) is 11.5 Å². The molecule has 0 saturated carbocycles. The molecule has 0 radical (unpaired) electrons. The van der Waals surface area contributed by atoms with Crippen LogP contribution in [-0.4, -0.2) is 42.7 Å². The molecule has 1 aromatic heterocycles. The van der Waals surface area contributed by atoms with Crippen molar-refractivity contribution in [1.29, 1.82) is 0 Å². The van der Waals surface area contributed by atoms with Crippen LogP contribution in [0.4, 0.5) is 0 Å². The monoisotopic (exact) mass is 392 g/mol. The minimum Gasteiger partial charge on any atom is -0.454 e. The van der Waals surface area contributed by atoms with Crippen molar-refractivity contribution in [1.82, 2.24) is 9.88 Å². The first-order valence-electron chi connectivity index (χ1n) is 8.71. The molecule has 9 heteroatoms. The predicted molar refractivity (Wildman–Crippen MR) is 99.1 cm³/mol. The van der Waals surface area contributed by atoms with E-state index in [4.69, 9.17) is 9.47 Å². The number of ether oxygens (including phenoxy) is 2. The van der Waals surface area contributed by atoms with Crippen molar-refractivity contribution in [2.75, 3.05) is 18.3 Å². The number of hydrogen-bond acceptors (Lipinski definition) is 6. The lowest BCUT2D eigenvalue weighted by Gasteiger charge is -2.24. The van der Waals surface area contributed by atoms with Crippen LogP contribution in [-0.2, 0) is 16.4 Å². The quantitative estimate of drug-likeness (QED) is 0.838. The highest BCUT2D eigenvalue weighted by atomic mass is 32.2. The molecule has 2 aromatic rings. The lowest BCUT2D eigenvalue weighted by molar-refractivity contribution is 0.0913. The molecule has 1 aromatic carbocycles. The van der Waals surface area contributed by atoms with Crippen LogP contribution >= 0.6 is 0 Å². The smallest absolute Gasteiger partial charge is 0.257 e. The van der Waals surface area contributed by atoms with E-state index in [0.29, 0.717) is 35.4 Å². The lowest BCUT2D eigenvalue weighted by Crippen LogP contribution is -2.48. The van der Waals surface area contributed by atoms with E-state index in [1.165, 1.54) is 6.20 Å². The number of aromatic nitrogens is 1. The van der Waals surface area contributed by atoms with Gasteiger partial charge in [0.2, 0.25) is 12.2 Å².